The molecular formula is C24H30O6. The van der Waals surface area contributed by atoms with Crippen molar-refractivity contribution in [3.63, 3.8) is 0 Å². The summed E-state index contributed by atoms with van der Waals surface area (Å²) in [4.78, 5) is 24.7. The monoisotopic (exact) mass is 414 g/mol. The lowest BCUT2D eigenvalue weighted by Crippen LogP contribution is -2.64. The summed E-state index contributed by atoms with van der Waals surface area (Å²) in [5, 5.41) is 9.55. The summed E-state index contributed by atoms with van der Waals surface area (Å²) in [6.45, 7) is 0. The maximum absolute atomic E-state index is 12.6. The van der Waals surface area contributed by atoms with Gasteiger partial charge in [0.05, 0.1) is 12.5 Å². The van der Waals surface area contributed by atoms with Crippen LogP contribution in [0.3, 0.4) is 0 Å². The Morgan fingerprint density at radius 2 is 1.70 bits per heavy atom. The van der Waals surface area contributed by atoms with Gasteiger partial charge in [0.15, 0.2) is 0 Å². The third kappa shape index (κ3) is 2.63. The van der Waals surface area contributed by atoms with Crippen molar-refractivity contribution in [2.45, 2.75) is 75.3 Å². The van der Waals surface area contributed by atoms with Crippen molar-refractivity contribution in [2.24, 2.45) is 23.2 Å². The zero-order valence-corrected chi connectivity index (χ0v) is 17.5. The highest BCUT2D eigenvalue weighted by Crippen LogP contribution is 2.68. The molecule has 2 spiro atoms. The van der Waals surface area contributed by atoms with Crippen molar-refractivity contribution in [1.29, 1.82) is 0 Å². The minimum Gasteiger partial charge on any atom is -0.508 e. The van der Waals surface area contributed by atoms with Gasteiger partial charge in [0, 0.05) is 24.7 Å². The first-order valence-electron chi connectivity index (χ1n) is 11.4. The summed E-state index contributed by atoms with van der Waals surface area (Å²) in [5.74, 6) is 0.271. The number of esters is 1. The van der Waals surface area contributed by atoms with E-state index in [1.54, 1.807) is 12.1 Å². The number of hydrogen-bond acceptors (Lipinski definition) is 6. The predicted octanol–water partition coefficient (Wildman–Crippen LogP) is 4.42. The molecule has 1 heterocycles. The lowest BCUT2D eigenvalue weighted by atomic mass is 9.47. The molecule has 5 aliphatic carbocycles. The molecule has 1 aliphatic heterocycles. The van der Waals surface area contributed by atoms with Crippen molar-refractivity contribution in [3.8, 4) is 5.75 Å². The van der Waals surface area contributed by atoms with E-state index in [1.807, 2.05) is 12.1 Å². The third-order valence-electron chi connectivity index (χ3n) is 8.73. The molecule has 6 fully saturated rings. The maximum atomic E-state index is 12.6. The molecule has 4 bridgehead atoms. The molecule has 7 rings (SSSR count). The van der Waals surface area contributed by atoms with Crippen molar-refractivity contribution in [3.05, 3.63) is 29.8 Å². The fourth-order valence-corrected chi connectivity index (χ4v) is 7.48. The number of phenols is 1. The molecule has 0 amide bonds. The van der Waals surface area contributed by atoms with Crippen LogP contribution < -0.4 is 0 Å². The lowest BCUT2D eigenvalue weighted by Gasteiger charge is -2.60. The van der Waals surface area contributed by atoms with E-state index < -0.39 is 11.6 Å². The molecule has 162 valence electrons. The highest BCUT2D eigenvalue weighted by Gasteiger charge is 2.71. The second-order valence-corrected chi connectivity index (χ2v) is 10.4. The van der Waals surface area contributed by atoms with Crippen molar-refractivity contribution in [1.82, 2.24) is 0 Å². The number of methoxy groups -OCH3 is 1. The molecule has 0 radical (unpaired) electrons. The zero-order valence-electron chi connectivity index (χ0n) is 17.5. The Morgan fingerprint density at radius 3 is 2.33 bits per heavy atom. The molecule has 1 N–H and O–H groups in total. The standard InChI is InChI=1S/C24H30O6/c1-27-21(26)22-12-15-10-18(13-22)24(19(11-15)14-22)28-23(29-30-24)8-6-17(7-9-23)16-2-4-20(25)5-3-16/h2-5,15,17-19,25H,6-14H2,1H3. The van der Waals surface area contributed by atoms with Crippen LogP contribution in [-0.2, 0) is 24.0 Å². The van der Waals surface area contributed by atoms with E-state index in [9.17, 15) is 9.90 Å². The van der Waals surface area contributed by atoms with Gasteiger partial charge < -0.3 is 14.6 Å². The largest absolute Gasteiger partial charge is 0.508 e. The van der Waals surface area contributed by atoms with Gasteiger partial charge in [-0.15, -0.1) is 0 Å². The molecule has 1 aromatic carbocycles. The van der Waals surface area contributed by atoms with Crippen LogP contribution in [-0.4, -0.2) is 29.8 Å². The van der Waals surface area contributed by atoms with Crippen molar-refractivity contribution >= 4 is 5.97 Å². The molecule has 0 aromatic heterocycles. The van der Waals surface area contributed by atoms with Gasteiger partial charge in [-0.1, -0.05) is 12.1 Å². The van der Waals surface area contributed by atoms with Gasteiger partial charge in [-0.05, 0) is 74.5 Å². The van der Waals surface area contributed by atoms with E-state index in [2.05, 4.69) is 0 Å². The summed E-state index contributed by atoms with van der Waals surface area (Å²) in [7, 11) is 1.50. The van der Waals surface area contributed by atoms with Crippen LogP contribution in [0.2, 0.25) is 0 Å². The lowest BCUT2D eigenvalue weighted by molar-refractivity contribution is -0.393. The Hall–Kier alpha value is -1.63. The Kier molecular flexibility index (Phi) is 4.10. The van der Waals surface area contributed by atoms with Gasteiger partial charge in [-0.2, -0.15) is 9.78 Å². The van der Waals surface area contributed by atoms with E-state index in [-0.39, 0.29) is 23.2 Å². The average Bonchev–Trinajstić information content (AvgIpc) is 3.12. The first kappa shape index (κ1) is 19.1. The molecule has 5 saturated carbocycles. The third-order valence-corrected chi connectivity index (χ3v) is 8.73. The maximum Gasteiger partial charge on any atom is 0.311 e. The fraction of sp³-hybridized carbons (Fsp3) is 0.708. The minimum atomic E-state index is -0.695. The molecule has 1 saturated heterocycles. The van der Waals surface area contributed by atoms with E-state index in [0.717, 1.165) is 57.8 Å². The first-order valence-corrected chi connectivity index (χ1v) is 11.4. The van der Waals surface area contributed by atoms with Crippen LogP contribution in [0.25, 0.3) is 0 Å². The van der Waals surface area contributed by atoms with E-state index in [4.69, 9.17) is 19.2 Å². The Bertz CT molecular complexity index is 824. The second kappa shape index (κ2) is 6.44. The summed E-state index contributed by atoms with van der Waals surface area (Å²) >= 11 is 0. The fourth-order valence-electron chi connectivity index (χ4n) is 7.48. The Labute approximate surface area is 176 Å². The number of carbonyl (C=O) groups is 1. The highest BCUT2D eigenvalue weighted by atomic mass is 17.3. The quantitative estimate of drug-likeness (QED) is 0.570. The highest BCUT2D eigenvalue weighted by molar-refractivity contribution is 5.77. The molecule has 1 aromatic rings. The summed E-state index contributed by atoms with van der Waals surface area (Å²) in [5.41, 5.74) is 0.904. The van der Waals surface area contributed by atoms with E-state index in [0.29, 0.717) is 17.6 Å². The molecule has 6 nitrogen and oxygen atoms in total. The van der Waals surface area contributed by atoms with Crippen LogP contribution >= 0.6 is 0 Å². The summed E-state index contributed by atoms with van der Waals surface area (Å²) in [6.07, 6.45) is 8.13. The van der Waals surface area contributed by atoms with Crippen molar-refractivity contribution < 1.29 is 29.1 Å². The van der Waals surface area contributed by atoms with Crippen molar-refractivity contribution in [2.75, 3.05) is 7.11 Å². The normalized spacial score (nSPS) is 46.6. The molecule has 6 aliphatic rings. The molecule has 2 unspecified atom stereocenters. The first-order chi connectivity index (χ1) is 14.5. The molecule has 30 heavy (non-hydrogen) atoms. The van der Waals surface area contributed by atoms with E-state index in [1.165, 1.54) is 12.7 Å². The second-order valence-electron chi connectivity index (χ2n) is 10.4. The molecular weight excluding hydrogens is 384 g/mol. The number of aromatic hydroxyl groups is 1. The summed E-state index contributed by atoms with van der Waals surface area (Å²) < 4.78 is 12.0. The SMILES string of the molecule is COC(=O)C12CC3CC(C1)C1(OOC4(CCC(c5ccc(O)cc5)CC4)O1)C(C3)C2. The van der Waals surface area contributed by atoms with E-state index >= 15 is 0 Å². The van der Waals surface area contributed by atoms with Gasteiger partial charge in [-0.3, -0.25) is 4.79 Å². The number of hydrogen-bond donors (Lipinski definition) is 1. The van der Waals surface area contributed by atoms with Crippen LogP contribution in [0.4, 0.5) is 0 Å². The van der Waals surface area contributed by atoms with Crippen LogP contribution in [0.15, 0.2) is 24.3 Å². The van der Waals surface area contributed by atoms with Gasteiger partial charge in [0.1, 0.15) is 5.75 Å². The topological polar surface area (TPSA) is 74.2 Å². The predicted molar refractivity (Wildman–Crippen MR) is 106 cm³/mol. The Morgan fingerprint density at radius 1 is 1.03 bits per heavy atom. The van der Waals surface area contributed by atoms with Gasteiger partial charge in [0.2, 0.25) is 11.6 Å². The Balaban J connectivity index is 1.19. The smallest absolute Gasteiger partial charge is 0.311 e. The number of ether oxygens (including phenoxy) is 2. The number of benzene rings is 1. The zero-order chi connectivity index (χ0) is 20.6. The molecule has 2 atom stereocenters. The average molecular weight is 414 g/mol. The van der Waals surface area contributed by atoms with Gasteiger partial charge in [-0.25, -0.2) is 0 Å². The van der Waals surface area contributed by atoms with Crippen LogP contribution in [0.5, 0.6) is 5.75 Å². The van der Waals surface area contributed by atoms with Crippen LogP contribution in [0.1, 0.15) is 69.3 Å². The molecule has 6 heteroatoms. The number of rotatable bonds is 2. The van der Waals surface area contributed by atoms with Crippen LogP contribution in [0, 0.1) is 23.2 Å². The van der Waals surface area contributed by atoms with Gasteiger partial charge in [0.25, 0.3) is 0 Å². The summed E-state index contributed by atoms with van der Waals surface area (Å²) in [6, 6.07) is 7.53. The minimum absolute atomic E-state index is 0.0558. The number of phenolic OH excluding ortho intramolecular Hbond substituents is 1. The number of carbonyl (C=O) groups excluding carboxylic acids is 1. The van der Waals surface area contributed by atoms with Gasteiger partial charge >= 0.3 is 5.97 Å².